The van der Waals surface area contributed by atoms with E-state index in [0.29, 0.717) is 6.61 Å². The van der Waals surface area contributed by atoms with Crippen LogP contribution in [0.15, 0.2) is 36.7 Å². The molecule has 0 aliphatic heterocycles. The van der Waals surface area contributed by atoms with E-state index in [1.807, 2.05) is 25.2 Å². The fourth-order valence-corrected chi connectivity index (χ4v) is 1.98. The molecule has 0 radical (unpaired) electrons. The molecule has 1 heterocycles. The molecule has 5 nitrogen and oxygen atoms in total. The molecule has 0 aliphatic rings. The zero-order valence-electron chi connectivity index (χ0n) is 11.4. The van der Waals surface area contributed by atoms with Crippen molar-refractivity contribution in [2.75, 3.05) is 20.3 Å². The van der Waals surface area contributed by atoms with E-state index >= 15 is 0 Å². The van der Waals surface area contributed by atoms with Crippen LogP contribution in [0.5, 0.6) is 0 Å². The quantitative estimate of drug-likeness (QED) is 0.816. The Labute approximate surface area is 113 Å². The highest BCUT2D eigenvalue weighted by Gasteiger charge is 2.10. The van der Waals surface area contributed by atoms with Crippen LogP contribution in [-0.4, -0.2) is 35.0 Å². The monoisotopic (exact) mass is 260 g/mol. The topological polar surface area (TPSA) is 52.0 Å². The second-order valence-corrected chi connectivity index (χ2v) is 4.46. The van der Waals surface area contributed by atoms with E-state index in [2.05, 4.69) is 27.5 Å². The predicted molar refractivity (Wildman–Crippen MR) is 73.8 cm³/mol. The van der Waals surface area contributed by atoms with Crippen LogP contribution in [0.4, 0.5) is 0 Å². The van der Waals surface area contributed by atoms with Crippen molar-refractivity contribution in [1.82, 2.24) is 20.1 Å². The molecular weight excluding hydrogens is 240 g/mol. The summed E-state index contributed by atoms with van der Waals surface area (Å²) in [6.45, 7) is 1.48. The van der Waals surface area contributed by atoms with Gasteiger partial charge in [-0.25, -0.2) is 4.98 Å². The van der Waals surface area contributed by atoms with Gasteiger partial charge in [-0.1, -0.05) is 30.3 Å². The van der Waals surface area contributed by atoms with Crippen molar-refractivity contribution in [3.05, 3.63) is 48.0 Å². The van der Waals surface area contributed by atoms with Crippen LogP contribution >= 0.6 is 0 Å². The van der Waals surface area contributed by atoms with Crippen molar-refractivity contribution < 1.29 is 4.74 Å². The lowest BCUT2D eigenvalue weighted by Crippen LogP contribution is -2.27. The van der Waals surface area contributed by atoms with Gasteiger partial charge in [-0.05, 0) is 5.56 Å². The minimum atomic E-state index is 0.204. The zero-order valence-corrected chi connectivity index (χ0v) is 11.4. The maximum Gasteiger partial charge on any atom is 0.151 e. The number of aryl methyl sites for hydroxylation is 1. The minimum absolute atomic E-state index is 0.204. The first kappa shape index (κ1) is 13.7. The molecule has 2 rings (SSSR count). The molecular formula is C14H20N4O. The third kappa shape index (κ3) is 4.15. The smallest absolute Gasteiger partial charge is 0.151 e. The summed E-state index contributed by atoms with van der Waals surface area (Å²) in [5.41, 5.74) is 1.23. The van der Waals surface area contributed by atoms with E-state index in [1.165, 1.54) is 5.56 Å². The maximum absolute atomic E-state index is 5.27. The molecule has 1 aromatic carbocycles. The number of nitrogens with zero attached hydrogens (tertiary/aromatic N) is 3. The number of hydrogen-bond donors (Lipinski definition) is 1. The maximum atomic E-state index is 5.27. The Morgan fingerprint density at radius 3 is 2.74 bits per heavy atom. The Bertz CT molecular complexity index is 483. The highest BCUT2D eigenvalue weighted by atomic mass is 16.5. The standard InChI is InChI=1S/C14H20N4O/c1-18-11-16-14(17-18)8-9-15-13(10-19-2)12-6-4-3-5-7-12/h3-7,11,13,15H,8-10H2,1-2H3. The second-order valence-electron chi connectivity index (χ2n) is 4.46. The molecule has 0 aliphatic carbocycles. The Hall–Kier alpha value is -1.72. The van der Waals surface area contributed by atoms with Gasteiger partial charge in [0.1, 0.15) is 6.33 Å². The predicted octanol–water partition coefficient (Wildman–Crippen LogP) is 1.33. The molecule has 1 atom stereocenters. The first-order valence-corrected chi connectivity index (χ1v) is 6.41. The number of hydrogen-bond acceptors (Lipinski definition) is 4. The van der Waals surface area contributed by atoms with Gasteiger partial charge < -0.3 is 10.1 Å². The third-order valence-electron chi connectivity index (χ3n) is 2.92. The van der Waals surface area contributed by atoms with Crippen molar-refractivity contribution in [1.29, 1.82) is 0 Å². The van der Waals surface area contributed by atoms with Gasteiger partial charge in [-0.2, -0.15) is 5.10 Å². The van der Waals surface area contributed by atoms with Gasteiger partial charge in [0, 0.05) is 27.1 Å². The fraction of sp³-hybridized carbons (Fsp3) is 0.429. The third-order valence-corrected chi connectivity index (χ3v) is 2.92. The molecule has 1 N–H and O–H groups in total. The van der Waals surface area contributed by atoms with Crippen LogP contribution in [0.1, 0.15) is 17.4 Å². The Morgan fingerprint density at radius 1 is 1.32 bits per heavy atom. The van der Waals surface area contributed by atoms with Crippen molar-refractivity contribution >= 4 is 0 Å². The minimum Gasteiger partial charge on any atom is -0.383 e. The lowest BCUT2D eigenvalue weighted by atomic mass is 10.1. The summed E-state index contributed by atoms with van der Waals surface area (Å²) in [4.78, 5) is 4.21. The summed E-state index contributed by atoms with van der Waals surface area (Å²) in [6, 6.07) is 10.5. The van der Waals surface area contributed by atoms with Crippen LogP contribution in [0.25, 0.3) is 0 Å². The Balaban J connectivity index is 1.87. The first-order valence-electron chi connectivity index (χ1n) is 6.41. The van der Waals surface area contributed by atoms with E-state index in [9.17, 15) is 0 Å². The van der Waals surface area contributed by atoms with Crippen LogP contribution in [0.2, 0.25) is 0 Å². The highest BCUT2D eigenvalue weighted by Crippen LogP contribution is 2.12. The Morgan fingerprint density at radius 2 is 2.11 bits per heavy atom. The average molecular weight is 260 g/mol. The summed E-state index contributed by atoms with van der Waals surface area (Å²) < 4.78 is 6.99. The number of methoxy groups -OCH3 is 1. The molecule has 0 bridgehead atoms. The van der Waals surface area contributed by atoms with Gasteiger partial charge in [0.25, 0.3) is 0 Å². The highest BCUT2D eigenvalue weighted by molar-refractivity contribution is 5.18. The summed E-state index contributed by atoms with van der Waals surface area (Å²) in [7, 11) is 3.60. The van der Waals surface area contributed by atoms with Gasteiger partial charge in [0.2, 0.25) is 0 Å². The number of benzene rings is 1. The summed E-state index contributed by atoms with van der Waals surface area (Å²) in [6.07, 6.45) is 2.53. The molecule has 0 saturated carbocycles. The summed E-state index contributed by atoms with van der Waals surface area (Å²) in [5.74, 6) is 0.860. The summed E-state index contributed by atoms with van der Waals surface area (Å²) in [5, 5.41) is 7.74. The van der Waals surface area contributed by atoms with Crippen molar-refractivity contribution in [2.24, 2.45) is 7.05 Å². The van der Waals surface area contributed by atoms with E-state index in [4.69, 9.17) is 4.74 Å². The van der Waals surface area contributed by atoms with Crippen molar-refractivity contribution in [3.63, 3.8) is 0 Å². The largest absolute Gasteiger partial charge is 0.383 e. The second kappa shape index (κ2) is 7.01. The van der Waals surface area contributed by atoms with Gasteiger partial charge in [0.15, 0.2) is 5.82 Å². The summed E-state index contributed by atoms with van der Waals surface area (Å²) >= 11 is 0. The number of aromatic nitrogens is 3. The van der Waals surface area contributed by atoms with E-state index in [1.54, 1.807) is 18.1 Å². The van der Waals surface area contributed by atoms with E-state index < -0.39 is 0 Å². The van der Waals surface area contributed by atoms with Gasteiger partial charge in [-0.3, -0.25) is 4.68 Å². The SMILES string of the molecule is COCC(NCCc1ncn(C)n1)c1ccccc1. The lowest BCUT2D eigenvalue weighted by Gasteiger charge is -2.17. The normalized spacial score (nSPS) is 12.5. The van der Waals surface area contributed by atoms with Crippen LogP contribution < -0.4 is 5.32 Å². The number of ether oxygens (including phenoxy) is 1. The molecule has 1 aromatic heterocycles. The average Bonchev–Trinajstić information content (AvgIpc) is 2.84. The van der Waals surface area contributed by atoms with Crippen molar-refractivity contribution in [3.8, 4) is 0 Å². The van der Waals surface area contributed by atoms with E-state index in [-0.39, 0.29) is 6.04 Å². The zero-order chi connectivity index (χ0) is 13.5. The number of rotatable bonds is 7. The molecule has 2 aromatic rings. The Kier molecular flexibility index (Phi) is 5.06. The molecule has 0 spiro atoms. The fourth-order valence-electron chi connectivity index (χ4n) is 1.98. The first-order chi connectivity index (χ1) is 9.29. The lowest BCUT2D eigenvalue weighted by molar-refractivity contribution is 0.167. The molecule has 0 fully saturated rings. The van der Waals surface area contributed by atoms with Crippen LogP contribution in [0.3, 0.4) is 0 Å². The molecule has 19 heavy (non-hydrogen) atoms. The van der Waals surface area contributed by atoms with Crippen LogP contribution in [-0.2, 0) is 18.2 Å². The molecule has 1 unspecified atom stereocenters. The van der Waals surface area contributed by atoms with E-state index in [0.717, 1.165) is 18.8 Å². The molecule has 0 saturated heterocycles. The van der Waals surface area contributed by atoms with Gasteiger partial charge in [0.05, 0.1) is 12.6 Å². The molecule has 0 amide bonds. The number of nitrogens with one attached hydrogen (secondary N) is 1. The molecule has 5 heteroatoms. The van der Waals surface area contributed by atoms with Crippen molar-refractivity contribution in [2.45, 2.75) is 12.5 Å². The van der Waals surface area contributed by atoms with Gasteiger partial charge >= 0.3 is 0 Å². The van der Waals surface area contributed by atoms with Crippen LogP contribution in [0, 0.1) is 0 Å². The van der Waals surface area contributed by atoms with Gasteiger partial charge in [-0.15, -0.1) is 0 Å². The molecule has 102 valence electrons.